The van der Waals surface area contributed by atoms with Crippen LogP contribution in [0.1, 0.15) is 11.1 Å². The van der Waals surface area contributed by atoms with Crippen molar-refractivity contribution in [1.29, 1.82) is 0 Å². The van der Waals surface area contributed by atoms with E-state index in [4.69, 9.17) is 0 Å². The zero-order valence-electron chi connectivity index (χ0n) is 15.8. The molecule has 0 fully saturated rings. The highest BCUT2D eigenvalue weighted by Crippen LogP contribution is 2.35. The van der Waals surface area contributed by atoms with Gasteiger partial charge in [-0.3, -0.25) is 30.2 Å². The quantitative estimate of drug-likeness (QED) is 0.215. The van der Waals surface area contributed by atoms with Gasteiger partial charge < -0.3 is 10.2 Å². The molecule has 0 spiro atoms. The summed E-state index contributed by atoms with van der Waals surface area (Å²) in [5, 5.41) is 42.5. The Morgan fingerprint density at radius 3 is 1.47 bits per heavy atom. The largest absolute Gasteiger partial charge is 0.502 e. The topological polar surface area (TPSA) is 151 Å². The molecule has 0 aliphatic carbocycles. The van der Waals surface area contributed by atoms with Crippen molar-refractivity contribution >= 4 is 67.0 Å². The molecule has 0 amide bonds. The molecule has 3 rings (SSSR count). The van der Waals surface area contributed by atoms with Gasteiger partial charge in [0.25, 0.3) is 0 Å². The van der Waals surface area contributed by atoms with E-state index in [1.807, 2.05) is 0 Å². The van der Waals surface area contributed by atoms with Gasteiger partial charge >= 0.3 is 11.4 Å². The molecule has 0 aromatic heterocycles. The number of nitro groups is 2. The molecule has 0 atom stereocenters. The summed E-state index contributed by atoms with van der Waals surface area (Å²) in [6.07, 6.45) is 2.51. The average Bonchev–Trinajstić information content (AvgIpc) is 2.74. The van der Waals surface area contributed by atoms with Gasteiger partial charge in [-0.25, -0.2) is 0 Å². The number of nitrogens with zero attached hydrogens (tertiary/aromatic N) is 4. The summed E-state index contributed by atoms with van der Waals surface area (Å²) in [5.41, 5.74) is -0.00234. The van der Waals surface area contributed by atoms with Crippen molar-refractivity contribution < 1.29 is 20.1 Å². The fourth-order valence-electron chi connectivity index (χ4n) is 2.65. The Balaban J connectivity index is 1.98. The van der Waals surface area contributed by atoms with Crippen molar-refractivity contribution in [2.45, 2.75) is 0 Å². The minimum Gasteiger partial charge on any atom is -0.502 e. The molecule has 0 saturated carbocycles. The van der Waals surface area contributed by atoms with Crippen LogP contribution in [0.25, 0.3) is 0 Å². The Labute approximate surface area is 197 Å². The number of hydrogen-bond donors (Lipinski definition) is 2. The van der Waals surface area contributed by atoms with Crippen LogP contribution in [0.4, 0.5) is 22.7 Å². The highest BCUT2D eigenvalue weighted by Gasteiger charge is 2.18. The van der Waals surface area contributed by atoms with Crippen LogP contribution in [-0.2, 0) is 0 Å². The lowest BCUT2D eigenvalue weighted by atomic mass is 10.2. The first-order chi connectivity index (χ1) is 15.2. The summed E-state index contributed by atoms with van der Waals surface area (Å²) in [6, 6.07) is 11.9. The molecule has 0 aliphatic rings. The molecule has 12 heteroatoms. The van der Waals surface area contributed by atoms with E-state index in [-0.39, 0.29) is 11.1 Å². The number of aromatic hydroxyl groups is 2. The zero-order chi connectivity index (χ0) is 23.4. The lowest BCUT2D eigenvalue weighted by Gasteiger charge is -2.04. The van der Waals surface area contributed by atoms with Gasteiger partial charge in [0.15, 0.2) is 0 Å². The van der Waals surface area contributed by atoms with E-state index in [1.54, 1.807) is 24.3 Å². The molecular formula is C20H12Br2N4O6. The zero-order valence-corrected chi connectivity index (χ0v) is 19.0. The summed E-state index contributed by atoms with van der Waals surface area (Å²) in [7, 11) is 0. The van der Waals surface area contributed by atoms with Gasteiger partial charge in [-0.2, -0.15) is 0 Å². The van der Waals surface area contributed by atoms with E-state index in [1.165, 1.54) is 36.7 Å². The molecule has 0 aliphatic heterocycles. The molecule has 2 N–H and O–H groups in total. The number of phenols is 2. The van der Waals surface area contributed by atoms with Crippen molar-refractivity contribution in [1.82, 2.24) is 0 Å². The number of aliphatic imine (C=N–C) groups is 2. The third kappa shape index (κ3) is 5.15. The van der Waals surface area contributed by atoms with Gasteiger partial charge in [0.2, 0.25) is 11.5 Å². The molecule has 0 bridgehead atoms. The Morgan fingerprint density at radius 2 is 1.12 bits per heavy atom. The SMILES string of the molecule is O=[N+]([O-])c1cc(Br)cc(C=Nc2ccccc2N=Cc2cc(Br)cc([N+](=O)[O-])c2O)c1O. The van der Waals surface area contributed by atoms with Crippen molar-refractivity contribution in [3.63, 3.8) is 0 Å². The minimum atomic E-state index is -0.709. The monoisotopic (exact) mass is 562 g/mol. The van der Waals surface area contributed by atoms with Crippen LogP contribution >= 0.6 is 31.9 Å². The van der Waals surface area contributed by atoms with E-state index in [9.17, 15) is 30.4 Å². The van der Waals surface area contributed by atoms with Gasteiger partial charge in [0.1, 0.15) is 0 Å². The fraction of sp³-hybridized carbons (Fsp3) is 0. The van der Waals surface area contributed by atoms with E-state index < -0.39 is 32.7 Å². The number of rotatable bonds is 6. The summed E-state index contributed by atoms with van der Waals surface area (Å²) in [6.45, 7) is 0. The van der Waals surface area contributed by atoms with Crippen LogP contribution in [0.5, 0.6) is 11.5 Å². The lowest BCUT2D eigenvalue weighted by molar-refractivity contribution is -0.386. The van der Waals surface area contributed by atoms with Crippen LogP contribution in [-0.4, -0.2) is 32.5 Å². The maximum absolute atomic E-state index is 11.1. The third-order valence-electron chi connectivity index (χ3n) is 4.13. The van der Waals surface area contributed by atoms with E-state index >= 15 is 0 Å². The maximum Gasteiger partial charge on any atom is 0.312 e. The molecule has 3 aromatic carbocycles. The summed E-state index contributed by atoms with van der Waals surface area (Å²) < 4.78 is 0.781. The van der Waals surface area contributed by atoms with Crippen molar-refractivity contribution in [2.75, 3.05) is 0 Å². The molecule has 0 radical (unpaired) electrons. The van der Waals surface area contributed by atoms with Crippen LogP contribution in [0.15, 0.2) is 67.5 Å². The molecule has 32 heavy (non-hydrogen) atoms. The van der Waals surface area contributed by atoms with E-state index in [0.29, 0.717) is 20.3 Å². The first kappa shape index (κ1) is 23.0. The molecular weight excluding hydrogens is 552 g/mol. The fourth-order valence-corrected chi connectivity index (χ4v) is 3.57. The standard InChI is InChI=1S/C20H12Br2N4O6/c21-13-5-11(19(27)17(7-13)25(29)30)9-23-15-3-1-2-4-16(15)24-10-12-6-14(22)8-18(20(12)28)26(31)32/h1-10,27-28H. The van der Waals surface area contributed by atoms with Gasteiger partial charge in [0.05, 0.1) is 21.2 Å². The predicted octanol–water partition coefficient (Wildman–Crippen LogP) is 5.94. The van der Waals surface area contributed by atoms with Crippen molar-refractivity contribution in [3.8, 4) is 11.5 Å². The number of para-hydroxylation sites is 2. The Hall–Kier alpha value is -3.64. The number of halogens is 2. The van der Waals surface area contributed by atoms with Crippen LogP contribution in [0.2, 0.25) is 0 Å². The second kappa shape index (κ2) is 9.66. The molecule has 10 nitrogen and oxygen atoms in total. The number of phenolic OH excluding ortho intramolecular Hbond substituents is 2. The lowest BCUT2D eigenvalue weighted by Crippen LogP contribution is -1.93. The van der Waals surface area contributed by atoms with Gasteiger partial charge in [-0.05, 0) is 24.3 Å². The van der Waals surface area contributed by atoms with Crippen LogP contribution in [0, 0.1) is 20.2 Å². The van der Waals surface area contributed by atoms with Crippen molar-refractivity contribution in [2.24, 2.45) is 9.98 Å². The average molecular weight is 564 g/mol. The normalized spacial score (nSPS) is 11.3. The molecule has 3 aromatic rings. The number of hydrogen-bond acceptors (Lipinski definition) is 8. The Kier molecular flexibility index (Phi) is 6.95. The predicted molar refractivity (Wildman–Crippen MR) is 126 cm³/mol. The summed E-state index contributed by atoms with van der Waals surface area (Å²) in [4.78, 5) is 29.3. The van der Waals surface area contributed by atoms with E-state index in [2.05, 4.69) is 41.8 Å². The highest BCUT2D eigenvalue weighted by molar-refractivity contribution is 9.10. The van der Waals surface area contributed by atoms with Gasteiger partial charge in [0, 0.05) is 44.6 Å². The first-order valence-electron chi connectivity index (χ1n) is 8.68. The molecule has 0 saturated heterocycles. The first-order valence-corrected chi connectivity index (χ1v) is 10.3. The Morgan fingerprint density at radius 1 is 0.750 bits per heavy atom. The maximum atomic E-state index is 11.1. The molecule has 0 heterocycles. The second-order valence-corrected chi connectivity index (χ2v) is 8.08. The second-order valence-electron chi connectivity index (χ2n) is 6.24. The highest BCUT2D eigenvalue weighted by atomic mass is 79.9. The number of benzene rings is 3. The minimum absolute atomic E-state index is 0.116. The smallest absolute Gasteiger partial charge is 0.312 e. The molecule has 0 unspecified atom stereocenters. The van der Waals surface area contributed by atoms with Crippen molar-refractivity contribution in [3.05, 3.63) is 88.8 Å². The van der Waals surface area contributed by atoms with Gasteiger partial charge in [-0.15, -0.1) is 0 Å². The molecule has 162 valence electrons. The van der Waals surface area contributed by atoms with Gasteiger partial charge in [-0.1, -0.05) is 44.0 Å². The van der Waals surface area contributed by atoms with E-state index in [0.717, 1.165) is 0 Å². The van der Waals surface area contributed by atoms with Crippen LogP contribution < -0.4 is 0 Å². The van der Waals surface area contributed by atoms with Crippen LogP contribution in [0.3, 0.4) is 0 Å². The Bertz CT molecular complexity index is 1190. The summed E-state index contributed by atoms with van der Waals surface area (Å²) >= 11 is 6.32. The third-order valence-corrected chi connectivity index (χ3v) is 5.04. The summed E-state index contributed by atoms with van der Waals surface area (Å²) in [5.74, 6) is -1.07. The number of nitro benzene ring substituents is 2.